The summed E-state index contributed by atoms with van der Waals surface area (Å²) in [5.74, 6) is 0.760. The second kappa shape index (κ2) is 6.44. The molecule has 0 aliphatic carbocycles. The number of carbonyl (C=O) groups excluding carboxylic acids is 1. The van der Waals surface area contributed by atoms with Gasteiger partial charge in [0.2, 0.25) is 11.6 Å². The van der Waals surface area contributed by atoms with Crippen LogP contribution in [0.3, 0.4) is 0 Å². The van der Waals surface area contributed by atoms with Crippen molar-refractivity contribution in [2.75, 3.05) is 5.32 Å². The van der Waals surface area contributed by atoms with E-state index < -0.39 is 0 Å². The Kier molecular flexibility index (Phi) is 3.96. The van der Waals surface area contributed by atoms with Crippen LogP contribution in [0.1, 0.15) is 13.8 Å². The van der Waals surface area contributed by atoms with Crippen LogP contribution in [0.5, 0.6) is 11.6 Å². The third kappa shape index (κ3) is 2.95. The van der Waals surface area contributed by atoms with Crippen LogP contribution in [0.15, 0.2) is 54.9 Å². The lowest BCUT2D eigenvalue weighted by atomic mass is 10.2. The molecule has 0 spiro atoms. The summed E-state index contributed by atoms with van der Waals surface area (Å²) >= 11 is 0. The lowest BCUT2D eigenvalue weighted by molar-refractivity contribution is -0.118. The average Bonchev–Trinajstić information content (AvgIpc) is 3.12. The number of nitrogens with zero attached hydrogens (tertiary/aromatic N) is 4. The van der Waals surface area contributed by atoms with Gasteiger partial charge in [0.1, 0.15) is 12.1 Å². The van der Waals surface area contributed by atoms with Gasteiger partial charge in [0.15, 0.2) is 0 Å². The summed E-state index contributed by atoms with van der Waals surface area (Å²) in [5, 5.41) is 10.9. The second-order valence-electron chi connectivity index (χ2n) is 6.20. The minimum absolute atomic E-state index is 0.0502. The number of hydrogen-bond donors (Lipinski definition) is 1. The van der Waals surface area contributed by atoms with Gasteiger partial charge in [0.25, 0.3) is 5.88 Å². The van der Waals surface area contributed by atoms with E-state index in [1.807, 2.05) is 54.6 Å². The largest absolute Gasteiger partial charge is 0.436 e. The van der Waals surface area contributed by atoms with Gasteiger partial charge >= 0.3 is 0 Å². The molecule has 2 aromatic heterocycles. The number of amides is 1. The summed E-state index contributed by atoms with van der Waals surface area (Å²) < 4.78 is 7.79. The van der Waals surface area contributed by atoms with Gasteiger partial charge in [-0.1, -0.05) is 32.0 Å². The predicted molar refractivity (Wildman–Crippen MR) is 98.3 cm³/mol. The smallest absolute Gasteiger partial charge is 0.266 e. The predicted octanol–water partition coefficient (Wildman–Crippen LogP) is 3.66. The molecule has 130 valence electrons. The Morgan fingerprint density at radius 2 is 2.00 bits per heavy atom. The van der Waals surface area contributed by atoms with Crippen molar-refractivity contribution in [2.45, 2.75) is 13.8 Å². The summed E-state index contributed by atoms with van der Waals surface area (Å²) in [6, 6.07) is 14.9. The van der Waals surface area contributed by atoms with Gasteiger partial charge in [0.05, 0.1) is 11.0 Å². The highest BCUT2D eigenvalue weighted by atomic mass is 16.5. The Labute approximate surface area is 149 Å². The first-order chi connectivity index (χ1) is 12.6. The maximum atomic E-state index is 11.9. The Balaban J connectivity index is 1.71. The molecule has 2 heterocycles. The standard InChI is InChI=1S/C19H17N5O2/c1-12(2)18(25)21-13-6-5-7-14(10-13)26-19-17-23-20-11-24(17)16-9-4-3-8-15(16)22-19/h3-12H,1-2H3,(H,21,25). The van der Waals surface area contributed by atoms with Crippen LogP contribution in [-0.4, -0.2) is 25.5 Å². The van der Waals surface area contributed by atoms with Crippen molar-refractivity contribution in [1.29, 1.82) is 0 Å². The molecule has 1 amide bonds. The molecule has 1 N–H and O–H groups in total. The topological polar surface area (TPSA) is 81.4 Å². The minimum atomic E-state index is -0.0997. The van der Waals surface area contributed by atoms with Crippen molar-refractivity contribution < 1.29 is 9.53 Å². The van der Waals surface area contributed by atoms with E-state index in [0.29, 0.717) is 23.0 Å². The number of anilines is 1. The van der Waals surface area contributed by atoms with Gasteiger partial charge in [-0.05, 0) is 24.3 Å². The van der Waals surface area contributed by atoms with Crippen molar-refractivity contribution in [2.24, 2.45) is 5.92 Å². The molecule has 4 aromatic rings. The summed E-state index contributed by atoms with van der Waals surface area (Å²) in [6.45, 7) is 3.69. The molecular weight excluding hydrogens is 330 g/mol. The van der Waals surface area contributed by atoms with Crippen LogP contribution in [0.2, 0.25) is 0 Å². The molecule has 0 unspecified atom stereocenters. The van der Waals surface area contributed by atoms with Crippen molar-refractivity contribution in [1.82, 2.24) is 19.6 Å². The highest BCUT2D eigenvalue weighted by Crippen LogP contribution is 2.28. The van der Waals surface area contributed by atoms with Crippen LogP contribution < -0.4 is 10.1 Å². The molecule has 0 aliphatic heterocycles. The lowest BCUT2D eigenvalue weighted by Gasteiger charge is -2.11. The normalized spacial score (nSPS) is 11.2. The van der Waals surface area contributed by atoms with E-state index in [1.165, 1.54) is 0 Å². The molecule has 26 heavy (non-hydrogen) atoms. The molecular formula is C19H17N5O2. The number of benzene rings is 2. The van der Waals surface area contributed by atoms with E-state index in [2.05, 4.69) is 20.5 Å². The molecule has 0 aliphatic rings. The minimum Gasteiger partial charge on any atom is -0.436 e. The zero-order chi connectivity index (χ0) is 18.1. The van der Waals surface area contributed by atoms with Crippen molar-refractivity contribution >= 4 is 28.3 Å². The third-order valence-corrected chi connectivity index (χ3v) is 3.94. The number of hydrogen-bond acceptors (Lipinski definition) is 5. The number of nitrogens with one attached hydrogen (secondary N) is 1. The van der Waals surface area contributed by atoms with Crippen LogP contribution in [0, 0.1) is 5.92 Å². The maximum Gasteiger partial charge on any atom is 0.266 e. The van der Waals surface area contributed by atoms with Crippen LogP contribution in [0.4, 0.5) is 5.69 Å². The van der Waals surface area contributed by atoms with Crippen LogP contribution >= 0.6 is 0 Å². The van der Waals surface area contributed by atoms with E-state index in [-0.39, 0.29) is 11.8 Å². The van der Waals surface area contributed by atoms with Gasteiger partial charge in [-0.25, -0.2) is 4.98 Å². The molecule has 2 aromatic carbocycles. The Bertz CT molecular complexity index is 1100. The fourth-order valence-corrected chi connectivity index (χ4v) is 2.58. The maximum absolute atomic E-state index is 11.9. The Hall–Kier alpha value is -3.48. The van der Waals surface area contributed by atoms with Gasteiger partial charge < -0.3 is 10.1 Å². The van der Waals surface area contributed by atoms with E-state index in [0.717, 1.165) is 11.0 Å². The first-order valence-electron chi connectivity index (χ1n) is 8.29. The van der Waals surface area contributed by atoms with Gasteiger partial charge in [-0.2, -0.15) is 0 Å². The third-order valence-electron chi connectivity index (χ3n) is 3.94. The van der Waals surface area contributed by atoms with E-state index >= 15 is 0 Å². The number of carbonyl (C=O) groups is 1. The Morgan fingerprint density at radius 1 is 1.15 bits per heavy atom. The highest BCUT2D eigenvalue weighted by molar-refractivity contribution is 5.92. The van der Waals surface area contributed by atoms with E-state index in [1.54, 1.807) is 18.5 Å². The fourth-order valence-electron chi connectivity index (χ4n) is 2.58. The monoisotopic (exact) mass is 347 g/mol. The first-order valence-corrected chi connectivity index (χ1v) is 8.29. The van der Waals surface area contributed by atoms with Crippen LogP contribution in [-0.2, 0) is 4.79 Å². The van der Waals surface area contributed by atoms with Gasteiger partial charge in [-0.3, -0.25) is 9.20 Å². The zero-order valence-corrected chi connectivity index (χ0v) is 14.4. The van der Waals surface area contributed by atoms with Crippen molar-refractivity contribution in [3.05, 3.63) is 54.9 Å². The quantitative estimate of drug-likeness (QED) is 0.609. The molecule has 0 fully saturated rings. The number of fused-ring (bicyclic) bond motifs is 3. The van der Waals surface area contributed by atoms with Crippen molar-refractivity contribution in [3.63, 3.8) is 0 Å². The van der Waals surface area contributed by atoms with Gasteiger partial charge in [0, 0.05) is 17.7 Å². The molecule has 4 rings (SSSR count). The lowest BCUT2D eigenvalue weighted by Crippen LogP contribution is -2.17. The molecule has 0 bridgehead atoms. The van der Waals surface area contributed by atoms with E-state index in [4.69, 9.17) is 4.74 Å². The number of rotatable bonds is 4. The highest BCUT2D eigenvalue weighted by Gasteiger charge is 2.13. The number of aromatic nitrogens is 4. The molecule has 7 heteroatoms. The van der Waals surface area contributed by atoms with E-state index in [9.17, 15) is 4.79 Å². The molecule has 0 saturated heterocycles. The summed E-state index contributed by atoms with van der Waals surface area (Å²) in [6.07, 6.45) is 1.63. The molecule has 0 radical (unpaired) electrons. The summed E-state index contributed by atoms with van der Waals surface area (Å²) in [5.41, 5.74) is 2.87. The van der Waals surface area contributed by atoms with Gasteiger partial charge in [-0.15, -0.1) is 10.2 Å². The molecule has 0 atom stereocenters. The van der Waals surface area contributed by atoms with Crippen LogP contribution in [0.25, 0.3) is 16.7 Å². The average molecular weight is 347 g/mol. The summed E-state index contributed by atoms with van der Waals surface area (Å²) in [7, 11) is 0. The first kappa shape index (κ1) is 16.0. The second-order valence-corrected chi connectivity index (χ2v) is 6.20. The number of para-hydroxylation sites is 2. The number of ether oxygens (including phenoxy) is 1. The zero-order valence-electron chi connectivity index (χ0n) is 14.4. The molecule has 0 saturated carbocycles. The van der Waals surface area contributed by atoms with Crippen molar-refractivity contribution in [3.8, 4) is 11.6 Å². The fraction of sp³-hybridized carbons (Fsp3) is 0.158. The molecule has 7 nitrogen and oxygen atoms in total. The summed E-state index contributed by atoms with van der Waals surface area (Å²) in [4.78, 5) is 16.4. The Morgan fingerprint density at radius 3 is 2.85 bits per heavy atom. The SMILES string of the molecule is CC(C)C(=O)Nc1cccc(Oc2nc3ccccc3n3cnnc23)c1.